The molecule has 8 heteroatoms. The standard InChI is InChI=1S/C20H22N4O4/c1-14-17(11-21-24(14)16-5-3-2-4-6-16)20(27)22-9-7-15(8-10-22)23-18(25)12-28-13-19(23)26/h2-6,11,15H,7-10,12-13H2,1H3. The third kappa shape index (κ3) is 3.31. The topological polar surface area (TPSA) is 84.7 Å². The van der Waals surface area contributed by atoms with E-state index in [9.17, 15) is 14.4 Å². The number of imide groups is 1. The predicted molar refractivity (Wildman–Crippen MR) is 99.9 cm³/mol. The predicted octanol–water partition coefficient (Wildman–Crippen LogP) is 1.17. The summed E-state index contributed by atoms with van der Waals surface area (Å²) < 4.78 is 6.72. The van der Waals surface area contributed by atoms with Crippen LogP contribution in [0.15, 0.2) is 36.5 Å². The van der Waals surface area contributed by atoms with Crippen molar-refractivity contribution in [2.75, 3.05) is 26.3 Å². The Bertz CT molecular complexity index is 884. The van der Waals surface area contributed by atoms with E-state index in [4.69, 9.17) is 4.74 Å². The minimum absolute atomic E-state index is 0.0528. The first-order chi connectivity index (χ1) is 13.6. The lowest BCUT2D eigenvalue weighted by Crippen LogP contribution is -2.55. The second-order valence-electron chi connectivity index (χ2n) is 7.06. The number of carbonyl (C=O) groups excluding carboxylic acids is 3. The zero-order chi connectivity index (χ0) is 19.7. The van der Waals surface area contributed by atoms with E-state index in [0.29, 0.717) is 31.5 Å². The summed E-state index contributed by atoms with van der Waals surface area (Å²) in [5, 5.41) is 4.37. The maximum atomic E-state index is 13.0. The largest absolute Gasteiger partial charge is 0.362 e. The summed E-state index contributed by atoms with van der Waals surface area (Å²) in [6.07, 6.45) is 2.76. The lowest BCUT2D eigenvalue weighted by molar-refractivity contribution is -0.162. The monoisotopic (exact) mass is 382 g/mol. The average Bonchev–Trinajstić information content (AvgIpc) is 3.10. The number of rotatable bonds is 3. The number of ether oxygens (including phenoxy) is 1. The van der Waals surface area contributed by atoms with Crippen molar-refractivity contribution in [2.24, 2.45) is 0 Å². The summed E-state index contributed by atoms with van der Waals surface area (Å²) in [5.41, 5.74) is 2.26. The second-order valence-corrected chi connectivity index (χ2v) is 7.06. The highest BCUT2D eigenvalue weighted by Crippen LogP contribution is 2.22. The number of hydrogen-bond acceptors (Lipinski definition) is 5. The van der Waals surface area contributed by atoms with Gasteiger partial charge in [0.05, 0.1) is 23.1 Å². The zero-order valence-electron chi connectivity index (χ0n) is 15.7. The van der Waals surface area contributed by atoms with Gasteiger partial charge in [-0.15, -0.1) is 0 Å². The van der Waals surface area contributed by atoms with Gasteiger partial charge in [-0.05, 0) is 31.9 Å². The van der Waals surface area contributed by atoms with Crippen molar-refractivity contribution in [1.29, 1.82) is 0 Å². The molecule has 28 heavy (non-hydrogen) atoms. The van der Waals surface area contributed by atoms with E-state index >= 15 is 0 Å². The lowest BCUT2D eigenvalue weighted by atomic mass is 10.0. The summed E-state index contributed by atoms with van der Waals surface area (Å²) >= 11 is 0. The summed E-state index contributed by atoms with van der Waals surface area (Å²) in [4.78, 5) is 40.1. The molecule has 8 nitrogen and oxygen atoms in total. The smallest absolute Gasteiger partial charge is 0.257 e. The van der Waals surface area contributed by atoms with E-state index in [0.717, 1.165) is 11.4 Å². The number of carbonyl (C=O) groups is 3. The van der Waals surface area contributed by atoms with Crippen molar-refractivity contribution >= 4 is 17.7 Å². The van der Waals surface area contributed by atoms with Crippen molar-refractivity contribution in [1.82, 2.24) is 19.6 Å². The number of nitrogens with zero attached hydrogens (tertiary/aromatic N) is 4. The molecule has 2 aliphatic heterocycles. The summed E-state index contributed by atoms with van der Waals surface area (Å²) in [6.45, 7) is 2.77. The Kier molecular flexibility index (Phi) is 4.95. The average molecular weight is 382 g/mol. The molecular formula is C20H22N4O4. The van der Waals surface area contributed by atoms with Crippen LogP contribution >= 0.6 is 0 Å². The van der Waals surface area contributed by atoms with Crippen LogP contribution in [0.3, 0.4) is 0 Å². The SMILES string of the molecule is Cc1c(C(=O)N2CCC(N3C(=O)COCC3=O)CC2)cnn1-c1ccccc1. The third-order valence-corrected chi connectivity index (χ3v) is 5.35. The van der Waals surface area contributed by atoms with Crippen LogP contribution in [0, 0.1) is 6.92 Å². The quantitative estimate of drug-likeness (QED) is 0.744. The van der Waals surface area contributed by atoms with Crippen LogP contribution in [0.5, 0.6) is 0 Å². The first-order valence-corrected chi connectivity index (χ1v) is 9.38. The fraction of sp³-hybridized carbons (Fsp3) is 0.400. The van der Waals surface area contributed by atoms with Crippen molar-refractivity contribution in [2.45, 2.75) is 25.8 Å². The van der Waals surface area contributed by atoms with Crippen molar-refractivity contribution in [3.63, 3.8) is 0 Å². The molecule has 4 rings (SSSR count). The molecule has 0 radical (unpaired) electrons. The molecule has 2 saturated heterocycles. The van der Waals surface area contributed by atoms with Crippen molar-refractivity contribution < 1.29 is 19.1 Å². The van der Waals surface area contributed by atoms with Crippen LogP contribution < -0.4 is 0 Å². The second kappa shape index (κ2) is 7.55. The van der Waals surface area contributed by atoms with Crippen LogP contribution in [0.4, 0.5) is 0 Å². The maximum absolute atomic E-state index is 13.0. The molecule has 3 amide bonds. The first-order valence-electron chi connectivity index (χ1n) is 9.38. The van der Waals surface area contributed by atoms with E-state index in [1.165, 1.54) is 4.90 Å². The van der Waals surface area contributed by atoms with Crippen LogP contribution in [-0.2, 0) is 14.3 Å². The van der Waals surface area contributed by atoms with Gasteiger partial charge in [-0.1, -0.05) is 18.2 Å². The van der Waals surface area contributed by atoms with E-state index in [-0.39, 0.29) is 37.0 Å². The molecule has 3 heterocycles. The Morgan fingerprint density at radius 1 is 1.07 bits per heavy atom. The highest BCUT2D eigenvalue weighted by atomic mass is 16.5. The molecule has 0 spiro atoms. The van der Waals surface area contributed by atoms with Gasteiger partial charge < -0.3 is 9.64 Å². The zero-order valence-corrected chi connectivity index (χ0v) is 15.7. The molecule has 1 aromatic carbocycles. The van der Waals surface area contributed by atoms with E-state index in [1.807, 2.05) is 37.3 Å². The molecule has 0 unspecified atom stereocenters. The molecule has 2 aromatic rings. The molecule has 0 atom stereocenters. The van der Waals surface area contributed by atoms with E-state index in [1.54, 1.807) is 15.8 Å². The molecule has 146 valence electrons. The fourth-order valence-corrected chi connectivity index (χ4v) is 3.86. The van der Waals surface area contributed by atoms with Gasteiger partial charge in [0, 0.05) is 19.1 Å². The van der Waals surface area contributed by atoms with Gasteiger partial charge in [0.2, 0.25) is 0 Å². The number of morpholine rings is 1. The van der Waals surface area contributed by atoms with Gasteiger partial charge in [0.25, 0.3) is 17.7 Å². The molecule has 0 bridgehead atoms. The van der Waals surface area contributed by atoms with Gasteiger partial charge in [-0.2, -0.15) is 5.10 Å². The molecule has 2 fully saturated rings. The van der Waals surface area contributed by atoms with Crippen LogP contribution in [0.1, 0.15) is 28.9 Å². The van der Waals surface area contributed by atoms with Gasteiger partial charge >= 0.3 is 0 Å². The first kappa shape index (κ1) is 18.4. The van der Waals surface area contributed by atoms with Gasteiger partial charge in [0.1, 0.15) is 13.2 Å². The summed E-state index contributed by atoms with van der Waals surface area (Å²) in [7, 11) is 0. The number of amides is 3. The number of aromatic nitrogens is 2. The highest BCUT2D eigenvalue weighted by Gasteiger charge is 2.36. The number of likely N-dealkylation sites (tertiary alicyclic amines) is 1. The van der Waals surface area contributed by atoms with E-state index in [2.05, 4.69) is 5.10 Å². The molecule has 1 aromatic heterocycles. The summed E-state index contributed by atoms with van der Waals surface area (Å²) in [5.74, 6) is -0.653. The number of benzene rings is 1. The molecule has 0 saturated carbocycles. The normalized spacial score (nSPS) is 18.6. The van der Waals surface area contributed by atoms with Crippen LogP contribution in [0.2, 0.25) is 0 Å². The molecule has 0 aliphatic carbocycles. The molecule has 2 aliphatic rings. The fourth-order valence-electron chi connectivity index (χ4n) is 3.86. The van der Waals surface area contributed by atoms with Gasteiger partial charge in [0.15, 0.2) is 0 Å². The number of para-hydroxylation sites is 1. The Labute approximate surface area is 162 Å². The molecule has 0 N–H and O–H groups in total. The van der Waals surface area contributed by atoms with Gasteiger partial charge in [-0.25, -0.2) is 4.68 Å². The third-order valence-electron chi connectivity index (χ3n) is 5.35. The van der Waals surface area contributed by atoms with Crippen molar-refractivity contribution in [3.05, 3.63) is 47.8 Å². The van der Waals surface area contributed by atoms with Gasteiger partial charge in [-0.3, -0.25) is 19.3 Å². The minimum atomic E-state index is -0.291. The Balaban J connectivity index is 1.44. The van der Waals surface area contributed by atoms with Crippen LogP contribution in [0.25, 0.3) is 5.69 Å². The summed E-state index contributed by atoms with van der Waals surface area (Å²) in [6, 6.07) is 9.50. The molecular weight excluding hydrogens is 360 g/mol. The highest BCUT2D eigenvalue weighted by molar-refractivity contribution is 5.99. The minimum Gasteiger partial charge on any atom is -0.362 e. The number of hydrogen-bond donors (Lipinski definition) is 0. The number of piperidine rings is 1. The Hall–Kier alpha value is -3.00. The van der Waals surface area contributed by atoms with Crippen LogP contribution in [-0.4, -0.2) is 69.6 Å². The van der Waals surface area contributed by atoms with E-state index < -0.39 is 0 Å². The van der Waals surface area contributed by atoms with Crippen molar-refractivity contribution in [3.8, 4) is 5.69 Å². The maximum Gasteiger partial charge on any atom is 0.257 e. The Morgan fingerprint density at radius 2 is 1.71 bits per heavy atom. The Morgan fingerprint density at radius 3 is 2.36 bits per heavy atom. The lowest BCUT2D eigenvalue weighted by Gasteiger charge is -2.38.